The number of hydrogen-bond donors (Lipinski definition) is 1. The molecule has 15 heavy (non-hydrogen) atoms. The van der Waals surface area contributed by atoms with E-state index in [-0.39, 0.29) is 23.8 Å². The van der Waals surface area contributed by atoms with Gasteiger partial charge in [0.25, 0.3) is 5.89 Å². The molecule has 0 unspecified atom stereocenters. The molecule has 0 amide bonds. The lowest BCUT2D eigenvalue weighted by Gasteiger charge is -1.96. The zero-order valence-corrected chi connectivity index (χ0v) is 7.58. The maximum absolute atomic E-state index is 13.3. The van der Waals surface area contributed by atoms with Crippen molar-refractivity contribution in [3.05, 3.63) is 35.7 Å². The average Bonchev–Trinajstić information content (AvgIpc) is 2.70. The van der Waals surface area contributed by atoms with Crippen LogP contribution in [0.2, 0.25) is 0 Å². The minimum atomic E-state index is -1.01. The van der Waals surface area contributed by atoms with Crippen molar-refractivity contribution in [1.82, 2.24) is 10.1 Å². The molecule has 0 fully saturated rings. The lowest BCUT2D eigenvalue weighted by Crippen LogP contribution is -1.98. The minimum Gasteiger partial charge on any atom is -0.334 e. The molecule has 1 aromatic carbocycles. The standard InChI is InChI=1S/C9H7F2N3O/c10-6-3-1-2-5(8(6)11)9-13-7(4-12)14-15-9/h1-3H,4,12H2. The van der Waals surface area contributed by atoms with Crippen molar-refractivity contribution in [2.45, 2.75) is 6.54 Å². The lowest BCUT2D eigenvalue weighted by molar-refractivity contribution is 0.418. The summed E-state index contributed by atoms with van der Waals surface area (Å²) >= 11 is 0. The highest BCUT2D eigenvalue weighted by Gasteiger charge is 2.15. The molecule has 4 nitrogen and oxygen atoms in total. The number of aromatic nitrogens is 2. The Hall–Kier alpha value is -1.82. The number of rotatable bonds is 2. The van der Waals surface area contributed by atoms with Gasteiger partial charge in [-0.15, -0.1) is 0 Å². The lowest BCUT2D eigenvalue weighted by atomic mass is 10.2. The van der Waals surface area contributed by atoms with Crippen LogP contribution in [0.25, 0.3) is 11.5 Å². The molecule has 0 atom stereocenters. The molecular weight excluding hydrogens is 204 g/mol. The molecule has 0 bridgehead atoms. The zero-order valence-electron chi connectivity index (χ0n) is 7.58. The van der Waals surface area contributed by atoms with E-state index in [9.17, 15) is 8.78 Å². The first-order valence-corrected chi connectivity index (χ1v) is 4.19. The van der Waals surface area contributed by atoms with Crippen LogP contribution >= 0.6 is 0 Å². The number of nitrogens with zero attached hydrogens (tertiary/aromatic N) is 2. The van der Waals surface area contributed by atoms with Gasteiger partial charge in [-0.05, 0) is 12.1 Å². The summed E-state index contributed by atoms with van der Waals surface area (Å²) in [5.41, 5.74) is 5.19. The molecule has 78 valence electrons. The largest absolute Gasteiger partial charge is 0.334 e. The van der Waals surface area contributed by atoms with E-state index in [1.54, 1.807) is 0 Å². The molecule has 2 rings (SSSR count). The monoisotopic (exact) mass is 211 g/mol. The predicted octanol–water partition coefficient (Wildman–Crippen LogP) is 1.47. The van der Waals surface area contributed by atoms with Crippen molar-refractivity contribution in [3.63, 3.8) is 0 Å². The van der Waals surface area contributed by atoms with E-state index < -0.39 is 11.6 Å². The van der Waals surface area contributed by atoms with Gasteiger partial charge in [-0.2, -0.15) is 4.98 Å². The van der Waals surface area contributed by atoms with Crippen LogP contribution in [0.4, 0.5) is 8.78 Å². The zero-order chi connectivity index (χ0) is 10.8. The molecular formula is C9H7F2N3O. The third-order valence-electron chi connectivity index (χ3n) is 1.83. The van der Waals surface area contributed by atoms with Crippen LogP contribution in [-0.4, -0.2) is 10.1 Å². The van der Waals surface area contributed by atoms with Gasteiger partial charge in [-0.25, -0.2) is 8.78 Å². The van der Waals surface area contributed by atoms with E-state index in [4.69, 9.17) is 10.3 Å². The van der Waals surface area contributed by atoms with E-state index in [0.29, 0.717) is 0 Å². The second-order valence-corrected chi connectivity index (χ2v) is 2.82. The van der Waals surface area contributed by atoms with Gasteiger partial charge in [0, 0.05) is 0 Å². The van der Waals surface area contributed by atoms with Crippen LogP contribution < -0.4 is 5.73 Å². The van der Waals surface area contributed by atoms with Crippen molar-refractivity contribution in [2.75, 3.05) is 0 Å². The Morgan fingerprint density at radius 2 is 2.13 bits per heavy atom. The Bertz CT molecular complexity index is 484. The molecule has 2 N–H and O–H groups in total. The van der Waals surface area contributed by atoms with Crippen LogP contribution in [0.5, 0.6) is 0 Å². The maximum atomic E-state index is 13.3. The van der Waals surface area contributed by atoms with E-state index >= 15 is 0 Å². The van der Waals surface area contributed by atoms with Gasteiger partial charge in [0.15, 0.2) is 17.5 Å². The number of hydrogen-bond acceptors (Lipinski definition) is 4. The Morgan fingerprint density at radius 1 is 1.33 bits per heavy atom. The summed E-state index contributed by atoms with van der Waals surface area (Å²) in [5.74, 6) is -1.80. The van der Waals surface area contributed by atoms with E-state index in [2.05, 4.69) is 10.1 Å². The van der Waals surface area contributed by atoms with Gasteiger partial charge in [-0.3, -0.25) is 0 Å². The van der Waals surface area contributed by atoms with E-state index in [1.165, 1.54) is 12.1 Å². The fourth-order valence-corrected chi connectivity index (χ4v) is 1.12. The van der Waals surface area contributed by atoms with Gasteiger partial charge in [-0.1, -0.05) is 11.2 Å². The Balaban J connectivity index is 2.49. The van der Waals surface area contributed by atoms with Gasteiger partial charge >= 0.3 is 0 Å². The molecule has 1 aromatic heterocycles. The number of halogens is 2. The van der Waals surface area contributed by atoms with Gasteiger partial charge in [0.05, 0.1) is 12.1 Å². The maximum Gasteiger partial charge on any atom is 0.261 e. The van der Waals surface area contributed by atoms with Crippen molar-refractivity contribution < 1.29 is 13.3 Å². The van der Waals surface area contributed by atoms with Crippen LogP contribution in [0.15, 0.2) is 22.7 Å². The first-order chi connectivity index (χ1) is 7.22. The minimum absolute atomic E-state index is 0.0674. The SMILES string of the molecule is NCc1noc(-c2cccc(F)c2F)n1. The molecule has 1 heterocycles. The van der Waals surface area contributed by atoms with Crippen molar-refractivity contribution in [3.8, 4) is 11.5 Å². The highest BCUT2D eigenvalue weighted by molar-refractivity contribution is 5.53. The first kappa shape index (κ1) is 9.72. The fraction of sp³-hybridized carbons (Fsp3) is 0.111. The third kappa shape index (κ3) is 1.71. The topological polar surface area (TPSA) is 64.9 Å². The van der Waals surface area contributed by atoms with Crippen LogP contribution in [0.3, 0.4) is 0 Å². The summed E-state index contributed by atoms with van der Waals surface area (Å²) in [4.78, 5) is 3.79. The Morgan fingerprint density at radius 3 is 2.80 bits per heavy atom. The molecule has 0 saturated heterocycles. The van der Waals surface area contributed by atoms with Crippen LogP contribution in [0.1, 0.15) is 5.82 Å². The predicted molar refractivity (Wildman–Crippen MR) is 47.5 cm³/mol. The van der Waals surface area contributed by atoms with E-state index in [1.807, 2.05) is 0 Å². The summed E-state index contributed by atoms with van der Waals surface area (Å²) in [6, 6.07) is 3.73. The Kier molecular flexibility index (Phi) is 2.42. The molecule has 2 aromatic rings. The van der Waals surface area contributed by atoms with Gasteiger partial charge in [0.1, 0.15) is 0 Å². The molecule has 0 radical (unpaired) electrons. The first-order valence-electron chi connectivity index (χ1n) is 4.19. The molecule has 0 aliphatic carbocycles. The van der Waals surface area contributed by atoms with Crippen molar-refractivity contribution >= 4 is 0 Å². The molecule has 0 saturated carbocycles. The van der Waals surface area contributed by atoms with Gasteiger partial charge < -0.3 is 10.3 Å². The summed E-state index contributed by atoms with van der Waals surface area (Å²) < 4.78 is 30.9. The molecule has 0 spiro atoms. The number of benzene rings is 1. The Labute approximate surface area is 83.7 Å². The second kappa shape index (κ2) is 3.74. The van der Waals surface area contributed by atoms with Crippen molar-refractivity contribution in [2.24, 2.45) is 5.73 Å². The van der Waals surface area contributed by atoms with Crippen molar-refractivity contribution in [1.29, 1.82) is 0 Å². The molecule has 6 heteroatoms. The van der Waals surface area contributed by atoms with Crippen LogP contribution in [0, 0.1) is 11.6 Å². The summed E-state index contributed by atoms with van der Waals surface area (Å²) in [7, 11) is 0. The fourth-order valence-electron chi connectivity index (χ4n) is 1.12. The second-order valence-electron chi connectivity index (χ2n) is 2.82. The smallest absolute Gasteiger partial charge is 0.261 e. The quantitative estimate of drug-likeness (QED) is 0.816. The van der Waals surface area contributed by atoms with E-state index in [0.717, 1.165) is 6.07 Å². The number of nitrogens with two attached hydrogens (primary N) is 1. The highest BCUT2D eigenvalue weighted by atomic mass is 19.2. The summed E-state index contributed by atoms with van der Waals surface area (Å²) in [6.07, 6.45) is 0. The van der Waals surface area contributed by atoms with Crippen LogP contribution in [-0.2, 0) is 6.54 Å². The summed E-state index contributed by atoms with van der Waals surface area (Å²) in [6.45, 7) is 0.0838. The normalized spacial score (nSPS) is 10.6. The molecule has 0 aliphatic heterocycles. The summed E-state index contributed by atoms with van der Waals surface area (Å²) in [5, 5.41) is 3.48. The van der Waals surface area contributed by atoms with Gasteiger partial charge in [0.2, 0.25) is 0 Å². The average molecular weight is 211 g/mol. The third-order valence-corrected chi connectivity index (χ3v) is 1.83. The highest BCUT2D eigenvalue weighted by Crippen LogP contribution is 2.22. The molecule has 0 aliphatic rings.